The van der Waals surface area contributed by atoms with Crippen LogP contribution in [0, 0.1) is 6.85 Å². The molecule has 0 fully saturated rings. The molecule has 8 rings (SSSR count). The van der Waals surface area contributed by atoms with Crippen LogP contribution in [0.1, 0.15) is 60.3 Å². The molecular formula is C43H37N3O. The fourth-order valence-corrected chi connectivity index (χ4v) is 6.71. The molecule has 4 heteroatoms. The van der Waals surface area contributed by atoms with Crippen LogP contribution in [0.5, 0.6) is 0 Å². The predicted molar refractivity (Wildman–Crippen MR) is 195 cm³/mol. The third-order valence-electron chi connectivity index (χ3n) is 9.09. The molecule has 3 aromatic heterocycles. The van der Waals surface area contributed by atoms with E-state index in [-0.39, 0.29) is 11.8 Å². The van der Waals surface area contributed by atoms with Crippen molar-refractivity contribution in [2.24, 2.45) is 0 Å². The highest BCUT2D eigenvalue weighted by Crippen LogP contribution is 2.42. The van der Waals surface area contributed by atoms with E-state index in [2.05, 4.69) is 111 Å². The lowest BCUT2D eigenvalue weighted by Crippen LogP contribution is -2.09. The molecule has 47 heavy (non-hydrogen) atoms. The molecule has 8 aromatic rings. The van der Waals surface area contributed by atoms with Crippen molar-refractivity contribution in [3.05, 3.63) is 138 Å². The van der Waals surface area contributed by atoms with Gasteiger partial charge in [-0.1, -0.05) is 112 Å². The van der Waals surface area contributed by atoms with Crippen LogP contribution in [0.25, 0.3) is 72.6 Å². The first-order chi connectivity index (χ1) is 24.1. The second kappa shape index (κ2) is 11.4. The number of aryl methyl sites for hydroxylation is 1. The lowest BCUT2D eigenvalue weighted by atomic mass is 9.88. The van der Waals surface area contributed by atoms with Gasteiger partial charge in [-0.3, -0.25) is 4.57 Å². The van der Waals surface area contributed by atoms with Crippen LogP contribution in [-0.4, -0.2) is 14.5 Å². The topological polar surface area (TPSA) is 43.9 Å². The van der Waals surface area contributed by atoms with Crippen molar-refractivity contribution in [1.82, 2.24) is 14.5 Å². The Balaban J connectivity index is 1.36. The highest BCUT2D eigenvalue weighted by Gasteiger charge is 2.25. The summed E-state index contributed by atoms with van der Waals surface area (Å²) in [6.07, 6.45) is 0. The number of benzene rings is 5. The zero-order chi connectivity index (χ0) is 34.7. The summed E-state index contributed by atoms with van der Waals surface area (Å²) in [5.41, 5.74) is 12.0. The molecule has 0 spiro atoms. The maximum Gasteiger partial charge on any atom is 0.227 e. The quantitative estimate of drug-likeness (QED) is 0.187. The van der Waals surface area contributed by atoms with E-state index in [1.807, 2.05) is 18.2 Å². The number of aromatic nitrogens is 3. The molecule has 0 atom stereocenters. The van der Waals surface area contributed by atoms with Gasteiger partial charge in [-0.05, 0) is 83.4 Å². The summed E-state index contributed by atoms with van der Waals surface area (Å²) >= 11 is 0. The molecular weight excluding hydrogens is 574 g/mol. The first-order valence-corrected chi connectivity index (χ1v) is 16.2. The molecule has 5 aromatic carbocycles. The fourth-order valence-electron chi connectivity index (χ4n) is 6.71. The Morgan fingerprint density at radius 2 is 1.36 bits per heavy atom. The van der Waals surface area contributed by atoms with Crippen molar-refractivity contribution in [2.75, 3.05) is 0 Å². The summed E-state index contributed by atoms with van der Waals surface area (Å²) in [6.45, 7) is 6.89. The predicted octanol–water partition coefficient (Wildman–Crippen LogP) is 11.9. The van der Waals surface area contributed by atoms with Crippen molar-refractivity contribution in [3.63, 3.8) is 0 Å². The van der Waals surface area contributed by atoms with E-state index >= 15 is 0 Å². The molecule has 4 nitrogen and oxygen atoms in total. The van der Waals surface area contributed by atoms with Crippen LogP contribution in [0.2, 0.25) is 0 Å². The van der Waals surface area contributed by atoms with Crippen LogP contribution >= 0.6 is 0 Å². The van der Waals surface area contributed by atoms with E-state index in [0.717, 1.165) is 50.0 Å². The second-order valence-electron chi connectivity index (χ2n) is 12.8. The van der Waals surface area contributed by atoms with Crippen LogP contribution in [0.4, 0.5) is 0 Å². The molecule has 3 heterocycles. The Bertz CT molecular complexity index is 2500. The molecule has 0 unspecified atom stereocenters. The molecule has 0 aliphatic rings. The standard InChI is InChI=1S/C43H37N3O/c1-26(2)35-24-31(29-12-7-6-8-13-29)25-36(27(3)4)40(35)46-39-17-10-9-16-38(39)44-42(46)34-15-11-14-32-33-22-23-37(45-43(33)47-41(32)34)30-20-18-28(5)19-21-30/h6-27H,1-5H3/i5D3. The number of para-hydroxylation sites is 3. The molecule has 0 aliphatic heterocycles. The summed E-state index contributed by atoms with van der Waals surface area (Å²) < 4.78 is 32.1. The molecule has 0 bridgehead atoms. The van der Waals surface area contributed by atoms with Crippen LogP contribution < -0.4 is 0 Å². The Hall–Kier alpha value is -5.48. The van der Waals surface area contributed by atoms with E-state index in [9.17, 15) is 0 Å². The Labute approximate surface area is 279 Å². The summed E-state index contributed by atoms with van der Waals surface area (Å²) in [5.74, 6) is 1.31. The maximum absolute atomic E-state index is 7.72. The van der Waals surface area contributed by atoms with Gasteiger partial charge >= 0.3 is 0 Å². The number of rotatable bonds is 6. The number of furan rings is 1. The number of fused-ring (bicyclic) bond motifs is 4. The van der Waals surface area contributed by atoms with E-state index in [1.165, 1.54) is 22.3 Å². The monoisotopic (exact) mass is 614 g/mol. The SMILES string of the molecule is [2H]C([2H])([2H])c1ccc(-c2ccc3c(n2)oc2c(-c4nc5ccccc5n4-c4c(C(C)C)cc(-c5ccccc5)cc4C(C)C)cccc23)cc1. The minimum absolute atomic E-state index is 0.249. The lowest BCUT2D eigenvalue weighted by molar-refractivity contribution is 0.655. The highest BCUT2D eigenvalue weighted by atomic mass is 16.3. The first-order valence-electron chi connectivity index (χ1n) is 17.7. The minimum Gasteiger partial charge on any atom is -0.437 e. The molecule has 0 aliphatic carbocycles. The number of pyridine rings is 1. The smallest absolute Gasteiger partial charge is 0.227 e. The van der Waals surface area contributed by atoms with Gasteiger partial charge in [0.1, 0.15) is 11.4 Å². The fraction of sp³-hybridized carbons (Fsp3) is 0.163. The third-order valence-corrected chi connectivity index (χ3v) is 9.09. The van der Waals surface area contributed by atoms with E-state index in [4.69, 9.17) is 18.5 Å². The number of hydrogen-bond acceptors (Lipinski definition) is 3. The van der Waals surface area contributed by atoms with Gasteiger partial charge in [0.05, 0.1) is 28.0 Å². The van der Waals surface area contributed by atoms with E-state index in [1.54, 1.807) is 24.3 Å². The zero-order valence-corrected chi connectivity index (χ0v) is 27.0. The average Bonchev–Trinajstić information content (AvgIpc) is 3.69. The summed E-state index contributed by atoms with van der Waals surface area (Å²) in [4.78, 5) is 10.2. The number of nitrogens with zero attached hydrogens (tertiary/aromatic N) is 3. The molecule has 0 N–H and O–H groups in total. The Kier molecular flexibility index (Phi) is 6.23. The lowest BCUT2D eigenvalue weighted by Gasteiger charge is -2.24. The van der Waals surface area contributed by atoms with Gasteiger partial charge in [0.15, 0.2) is 0 Å². The van der Waals surface area contributed by atoms with Gasteiger partial charge in [0.2, 0.25) is 5.71 Å². The van der Waals surface area contributed by atoms with Gasteiger partial charge in [-0.15, -0.1) is 0 Å². The van der Waals surface area contributed by atoms with Crippen molar-refractivity contribution in [3.8, 4) is 39.5 Å². The molecule has 0 saturated carbocycles. The molecule has 0 saturated heterocycles. The Morgan fingerprint density at radius 3 is 2.09 bits per heavy atom. The summed E-state index contributed by atoms with van der Waals surface area (Å²) in [7, 11) is 0. The summed E-state index contributed by atoms with van der Waals surface area (Å²) in [6, 6.07) is 40.7. The molecule has 0 amide bonds. The first kappa shape index (κ1) is 25.7. The van der Waals surface area contributed by atoms with Crippen LogP contribution in [0.15, 0.2) is 126 Å². The van der Waals surface area contributed by atoms with E-state index in [0.29, 0.717) is 17.0 Å². The normalized spacial score (nSPS) is 13.1. The number of imidazole rings is 1. The average molecular weight is 615 g/mol. The van der Waals surface area contributed by atoms with Crippen molar-refractivity contribution >= 4 is 33.1 Å². The van der Waals surface area contributed by atoms with Gasteiger partial charge in [0.25, 0.3) is 0 Å². The van der Waals surface area contributed by atoms with Crippen molar-refractivity contribution in [1.29, 1.82) is 0 Å². The minimum atomic E-state index is -2.16. The zero-order valence-electron chi connectivity index (χ0n) is 30.0. The van der Waals surface area contributed by atoms with Crippen LogP contribution in [-0.2, 0) is 0 Å². The third kappa shape index (κ3) is 4.92. The van der Waals surface area contributed by atoms with Crippen molar-refractivity contribution in [2.45, 2.75) is 46.4 Å². The Morgan fingerprint density at radius 1 is 0.638 bits per heavy atom. The number of hydrogen-bond donors (Lipinski definition) is 0. The van der Waals surface area contributed by atoms with Gasteiger partial charge in [0, 0.05) is 20.4 Å². The molecule has 0 radical (unpaired) electrons. The second-order valence-corrected chi connectivity index (χ2v) is 12.8. The van der Waals surface area contributed by atoms with Gasteiger partial charge in [-0.25, -0.2) is 9.97 Å². The van der Waals surface area contributed by atoms with Gasteiger partial charge in [-0.2, -0.15) is 0 Å². The largest absolute Gasteiger partial charge is 0.437 e. The summed E-state index contributed by atoms with van der Waals surface area (Å²) in [5, 5.41) is 1.87. The van der Waals surface area contributed by atoms with Crippen LogP contribution in [0.3, 0.4) is 0 Å². The molecule has 230 valence electrons. The highest BCUT2D eigenvalue weighted by molar-refractivity contribution is 6.09. The van der Waals surface area contributed by atoms with Gasteiger partial charge < -0.3 is 4.42 Å². The maximum atomic E-state index is 7.72. The van der Waals surface area contributed by atoms with E-state index < -0.39 is 6.85 Å². The van der Waals surface area contributed by atoms with Crippen molar-refractivity contribution < 1.29 is 8.53 Å².